The van der Waals surface area contributed by atoms with Crippen LogP contribution in [-0.4, -0.2) is 12.6 Å². The van der Waals surface area contributed by atoms with Crippen molar-refractivity contribution in [2.75, 3.05) is 6.61 Å². The van der Waals surface area contributed by atoms with Gasteiger partial charge in [-0.2, -0.15) is 0 Å². The first-order chi connectivity index (χ1) is 9.97. The molecule has 0 fully saturated rings. The number of hydrogen-bond donors (Lipinski definition) is 0. The molecule has 2 aromatic carbocycles. The Morgan fingerprint density at radius 2 is 1.76 bits per heavy atom. The maximum absolute atomic E-state index is 11.9. The first-order valence-corrected chi connectivity index (χ1v) is 7.34. The highest BCUT2D eigenvalue weighted by Crippen LogP contribution is 2.17. The fourth-order valence-electron chi connectivity index (χ4n) is 2.55. The van der Waals surface area contributed by atoms with Crippen LogP contribution in [0.4, 0.5) is 0 Å². The van der Waals surface area contributed by atoms with Crippen LogP contribution in [0.25, 0.3) is 0 Å². The normalized spacial score (nSPS) is 10.5. The smallest absolute Gasteiger partial charge is 0.338 e. The number of rotatable bonds is 4. The molecule has 2 nitrogen and oxygen atoms in total. The highest BCUT2D eigenvalue weighted by Gasteiger charge is 2.09. The van der Waals surface area contributed by atoms with Crippen LogP contribution in [0.3, 0.4) is 0 Å². The van der Waals surface area contributed by atoms with E-state index in [9.17, 15) is 4.79 Å². The van der Waals surface area contributed by atoms with Crippen LogP contribution >= 0.6 is 11.6 Å². The molecule has 0 unspecified atom stereocenters. The summed E-state index contributed by atoms with van der Waals surface area (Å²) in [6.45, 7) is 6.64. The van der Waals surface area contributed by atoms with E-state index in [1.165, 1.54) is 22.3 Å². The van der Waals surface area contributed by atoms with Gasteiger partial charge in [-0.15, -0.1) is 0 Å². The summed E-state index contributed by atoms with van der Waals surface area (Å²) in [5, 5.41) is 0.537. The Morgan fingerprint density at radius 1 is 1.10 bits per heavy atom. The Bertz CT molecular complexity index is 639. The zero-order valence-corrected chi connectivity index (χ0v) is 13.3. The van der Waals surface area contributed by atoms with Gasteiger partial charge < -0.3 is 4.74 Å². The minimum Gasteiger partial charge on any atom is -0.462 e. The number of ether oxygens (including phenoxy) is 1. The molecule has 3 heteroatoms. The molecule has 2 rings (SSSR count). The van der Waals surface area contributed by atoms with Crippen LogP contribution in [0, 0.1) is 20.8 Å². The summed E-state index contributed by atoms with van der Waals surface area (Å²) in [4.78, 5) is 11.9. The molecule has 0 bridgehead atoms. The maximum atomic E-state index is 11.9. The summed E-state index contributed by atoms with van der Waals surface area (Å²) in [6.07, 6.45) is 0.726. The highest BCUT2D eigenvalue weighted by atomic mass is 35.5. The van der Waals surface area contributed by atoms with Gasteiger partial charge in [0, 0.05) is 11.4 Å². The first kappa shape index (κ1) is 15.6. The number of benzene rings is 2. The zero-order chi connectivity index (χ0) is 15.4. The number of halogens is 1. The number of hydrogen-bond acceptors (Lipinski definition) is 2. The molecule has 0 saturated heterocycles. The second-order valence-corrected chi connectivity index (χ2v) is 5.71. The lowest BCUT2D eigenvalue weighted by molar-refractivity contribution is 0.0509. The van der Waals surface area contributed by atoms with Crippen molar-refractivity contribution in [2.45, 2.75) is 27.2 Å². The predicted molar refractivity (Wildman–Crippen MR) is 86.1 cm³/mol. The second kappa shape index (κ2) is 6.77. The Balaban J connectivity index is 1.97. The summed E-state index contributed by atoms with van der Waals surface area (Å²) in [6, 6.07) is 11.1. The molecule has 0 radical (unpaired) electrons. The van der Waals surface area contributed by atoms with E-state index in [1.807, 2.05) is 0 Å². The van der Waals surface area contributed by atoms with E-state index in [0.29, 0.717) is 17.2 Å². The molecular formula is C18H19ClO2. The lowest BCUT2D eigenvalue weighted by Crippen LogP contribution is -2.09. The van der Waals surface area contributed by atoms with E-state index < -0.39 is 0 Å². The number of carbonyl (C=O) groups is 1. The van der Waals surface area contributed by atoms with Crippen LogP contribution in [-0.2, 0) is 11.2 Å². The Kier molecular flexibility index (Phi) is 5.03. The van der Waals surface area contributed by atoms with Gasteiger partial charge in [-0.3, -0.25) is 0 Å². The molecule has 0 aliphatic heterocycles. The monoisotopic (exact) mass is 302 g/mol. The summed E-state index contributed by atoms with van der Waals surface area (Å²) in [5.74, 6) is -0.333. The largest absolute Gasteiger partial charge is 0.462 e. The number of aryl methyl sites for hydroxylation is 3. The van der Waals surface area contributed by atoms with Gasteiger partial charge in [0.05, 0.1) is 12.2 Å². The third-order valence-corrected chi connectivity index (χ3v) is 3.72. The molecule has 0 N–H and O–H groups in total. The average molecular weight is 303 g/mol. The Morgan fingerprint density at radius 3 is 2.38 bits per heavy atom. The maximum Gasteiger partial charge on any atom is 0.338 e. The zero-order valence-electron chi connectivity index (χ0n) is 12.6. The van der Waals surface area contributed by atoms with Crippen LogP contribution in [0.1, 0.15) is 32.6 Å². The number of carbonyl (C=O) groups excluding carboxylic acids is 1. The van der Waals surface area contributed by atoms with Crippen molar-refractivity contribution < 1.29 is 9.53 Å². The van der Waals surface area contributed by atoms with Crippen molar-refractivity contribution in [3.63, 3.8) is 0 Å². The van der Waals surface area contributed by atoms with Gasteiger partial charge >= 0.3 is 5.97 Å². The van der Waals surface area contributed by atoms with Crippen molar-refractivity contribution in [1.29, 1.82) is 0 Å². The van der Waals surface area contributed by atoms with Crippen molar-refractivity contribution in [2.24, 2.45) is 0 Å². The van der Waals surface area contributed by atoms with Gasteiger partial charge in [0.15, 0.2) is 0 Å². The van der Waals surface area contributed by atoms with Crippen LogP contribution < -0.4 is 0 Å². The fourth-order valence-corrected chi connectivity index (χ4v) is 2.74. The van der Waals surface area contributed by atoms with Crippen molar-refractivity contribution in [1.82, 2.24) is 0 Å². The Hall–Kier alpha value is -1.80. The molecule has 0 aromatic heterocycles. The molecule has 21 heavy (non-hydrogen) atoms. The van der Waals surface area contributed by atoms with Crippen molar-refractivity contribution in [3.8, 4) is 0 Å². The van der Waals surface area contributed by atoms with Gasteiger partial charge in [0.25, 0.3) is 0 Å². The van der Waals surface area contributed by atoms with Gasteiger partial charge in [0.2, 0.25) is 0 Å². The molecule has 0 saturated carbocycles. The van der Waals surface area contributed by atoms with E-state index >= 15 is 0 Å². The molecule has 0 spiro atoms. The molecule has 0 aliphatic carbocycles. The standard InChI is InChI=1S/C18H19ClO2/c1-12-9-13(2)17(14(3)10-12)7-8-21-18(20)15-5-4-6-16(19)11-15/h4-6,9-11H,7-8H2,1-3H3. The summed E-state index contributed by atoms with van der Waals surface area (Å²) in [5.41, 5.74) is 5.47. The summed E-state index contributed by atoms with van der Waals surface area (Å²) in [7, 11) is 0. The second-order valence-electron chi connectivity index (χ2n) is 5.27. The topological polar surface area (TPSA) is 26.3 Å². The highest BCUT2D eigenvalue weighted by molar-refractivity contribution is 6.30. The fraction of sp³-hybridized carbons (Fsp3) is 0.278. The molecule has 2 aromatic rings. The van der Waals surface area contributed by atoms with E-state index in [4.69, 9.17) is 16.3 Å². The van der Waals surface area contributed by atoms with Crippen LogP contribution in [0.5, 0.6) is 0 Å². The summed E-state index contributed by atoms with van der Waals surface area (Å²) >= 11 is 5.87. The van der Waals surface area contributed by atoms with Crippen molar-refractivity contribution in [3.05, 3.63) is 69.2 Å². The van der Waals surface area contributed by atoms with Gasteiger partial charge in [-0.25, -0.2) is 4.79 Å². The lowest BCUT2D eigenvalue weighted by atomic mass is 9.98. The van der Waals surface area contributed by atoms with E-state index in [1.54, 1.807) is 24.3 Å². The molecule has 110 valence electrons. The van der Waals surface area contributed by atoms with E-state index in [0.717, 1.165) is 6.42 Å². The minimum absolute atomic E-state index is 0.333. The van der Waals surface area contributed by atoms with E-state index in [2.05, 4.69) is 32.9 Å². The average Bonchev–Trinajstić information content (AvgIpc) is 2.41. The minimum atomic E-state index is -0.333. The quantitative estimate of drug-likeness (QED) is 0.768. The third kappa shape index (κ3) is 4.08. The molecule has 0 atom stereocenters. The van der Waals surface area contributed by atoms with Crippen molar-refractivity contribution >= 4 is 17.6 Å². The van der Waals surface area contributed by atoms with Crippen LogP contribution in [0.15, 0.2) is 36.4 Å². The third-order valence-electron chi connectivity index (χ3n) is 3.49. The SMILES string of the molecule is Cc1cc(C)c(CCOC(=O)c2cccc(Cl)c2)c(C)c1. The molecule has 0 aliphatic rings. The molecule has 0 heterocycles. The van der Waals surface area contributed by atoms with Gasteiger partial charge in [-0.05, 0) is 55.7 Å². The Labute approximate surface area is 130 Å². The lowest BCUT2D eigenvalue weighted by Gasteiger charge is -2.11. The first-order valence-electron chi connectivity index (χ1n) is 6.97. The molecular weight excluding hydrogens is 284 g/mol. The van der Waals surface area contributed by atoms with E-state index in [-0.39, 0.29) is 5.97 Å². The van der Waals surface area contributed by atoms with Gasteiger partial charge in [0.1, 0.15) is 0 Å². The number of esters is 1. The van der Waals surface area contributed by atoms with Crippen LogP contribution in [0.2, 0.25) is 5.02 Å². The molecule has 0 amide bonds. The predicted octanol–water partition coefficient (Wildman–Crippen LogP) is 4.66. The summed E-state index contributed by atoms with van der Waals surface area (Å²) < 4.78 is 5.33. The van der Waals surface area contributed by atoms with Gasteiger partial charge in [-0.1, -0.05) is 35.4 Å².